The topological polar surface area (TPSA) is 58.2 Å². The first-order chi connectivity index (χ1) is 5.11. The molecule has 4 nitrogen and oxygen atoms in total. The fourth-order valence-corrected chi connectivity index (χ4v) is 0.554. The van der Waals surface area contributed by atoms with Gasteiger partial charge in [0.15, 0.2) is 0 Å². The molecule has 0 spiro atoms. The fourth-order valence-electron chi connectivity index (χ4n) is 0.554. The van der Waals surface area contributed by atoms with Crippen LogP contribution in [0.3, 0.4) is 0 Å². The summed E-state index contributed by atoms with van der Waals surface area (Å²) in [6.07, 6.45) is 1.12. The molecule has 0 aliphatic rings. The maximum absolute atomic E-state index is 10.8. The van der Waals surface area contributed by atoms with Gasteiger partial charge in [-0.25, -0.2) is 0 Å². The van der Waals surface area contributed by atoms with Gasteiger partial charge in [0.05, 0.1) is 0 Å². The Kier molecular flexibility index (Phi) is 3.95. The normalized spacial score (nSPS) is 11.5. The predicted octanol–water partition coefficient (Wildman–Crippen LogP) is -0.577. The molecule has 0 rings (SSSR count). The van der Waals surface area contributed by atoms with E-state index in [2.05, 4.69) is 17.2 Å². The zero-order valence-corrected chi connectivity index (χ0v) is 6.68. The summed E-state index contributed by atoms with van der Waals surface area (Å²) in [6.45, 7) is 4.85. The van der Waals surface area contributed by atoms with Crippen LogP contribution in [0.5, 0.6) is 0 Å². The summed E-state index contributed by atoms with van der Waals surface area (Å²) in [4.78, 5) is 21.4. The minimum atomic E-state index is -0.509. The van der Waals surface area contributed by atoms with E-state index in [0.717, 1.165) is 6.08 Å². The highest BCUT2D eigenvalue weighted by Gasteiger charge is 2.10. The van der Waals surface area contributed by atoms with Crippen molar-refractivity contribution in [2.45, 2.75) is 13.0 Å². The van der Waals surface area contributed by atoms with Gasteiger partial charge in [-0.1, -0.05) is 6.58 Å². The summed E-state index contributed by atoms with van der Waals surface area (Å²) in [5.74, 6) is -0.568. The molecule has 0 aliphatic carbocycles. The lowest BCUT2D eigenvalue weighted by Gasteiger charge is -2.09. The quantitative estimate of drug-likeness (QED) is 0.537. The molecule has 0 unspecified atom stereocenters. The van der Waals surface area contributed by atoms with Gasteiger partial charge in [0.1, 0.15) is 6.04 Å². The summed E-state index contributed by atoms with van der Waals surface area (Å²) in [5, 5.41) is 4.82. The van der Waals surface area contributed by atoms with Crippen LogP contribution in [0.1, 0.15) is 6.92 Å². The van der Waals surface area contributed by atoms with Gasteiger partial charge in [0.2, 0.25) is 11.8 Å². The van der Waals surface area contributed by atoms with Crippen LogP contribution in [0.15, 0.2) is 12.7 Å². The van der Waals surface area contributed by atoms with E-state index in [0.29, 0.717) is 0 Å². The Morgan fingerprint density at radius 3 is 2.45 bits per heavy atom. The Bertz CT molecular complexity index is 177. The highest BCUT2D eigenvalue weighted by atomic mass is 16.2. The van der Waals surface area contributed by atoms with Crippen LogP contribution in [0.4, 0.5) is 0 Å². The third kappa shape index (κ3) is 3.40. The first-order valence-electron chi connectivity index (χ1n) is 3.26. The molecule has 11 heavy (non-hydrogen) atoms. The lowest BCUT2D eigenvalue weighted by atomic mass is 10.3. The number of rotatable bonds is 3. The smallest absolute Gasteiger partial charge is 0.244 e. The van der Waals surface area contributed by atoms with Crippen LogP contribution in [0.25, 0.3) is 0 Å². The maximum Gasteiger partial charge on any atom is 0.244 e. The Morgan fingerprint density at radius 1 is 1.55 bits per heavy atom. The molecule has 0 fully saturated rings. The second-order valence-electron chi connectivity index (χ2n) is 2.05. The molecular formula is C7H12N2O2. The maximum atomic E-state index is 10.8. The lowest BCUT2D eigenvalue weighted by molar-refractivity contribution is -0.126. The van der Waals surface area contributed by atoms with E-state index in [9.17, 15) is 9.59 Å². The number of amides is 2. The van der Waals surface area contributed by atoms with Crippen LogP contribution >= 0.6 is 0 Å². The van der Waals surface area contributed by atoms with Gasteiger partial charge in [0.25, 0.3) is 0 Å². The monoisotopic (exact) mass is 156 g/mol. The Hall–Kier alpha value is -1.32. The molecule has 0 aromatic carbocycles. The van der Waals surface area contributed by atoms with Crippen LogP contribution in [0, 0.1) is 0 Å². The minimum Gasteiger partial charge on any atom is -0.357 e. The zero-order valence-electron chi connectivity index (χ0n) is 6.68. The van der Waals surface area contributed by atoms with Gasteiger partial charge >= 0.3 is 0 Å². The van der Waals surface area contributed by atoms with E-state index in [1.165, 1.54) is 7.05 Å². The Labute approximate surface area is 65.7 Å². The third-order valence-corrected chi connectivity index (χ3v) is 1.18. The standard InChI is InChI=1S/C7H12N2O2/c1-4-6(10)9-5(2)7(11)8-3/h4-5H,1H2,2-3H3,(H,8,11)(H,9,10)/t5-/m0/s1. The van der Waals surface area contributed by atoms with E-state index in [4.69, 9.17) is 0 Å². The zero-order chi connectivity index (χ0) is 8.85. The number of carbonyl (C=O) groups excluding carboxylic acids is 2. The molecule has 0 saturated heterocycles. The van der Waals surface area contributed by atoms with Gasteiger partial charge < -0.3 is 10.6 Å². The molecule has 0 aromatic rings. The molecule has 4 heteroatoms. The number of carbonyl (C=O) groups is 2. The molecule has 2 amide bonds. The summed E-state index contributed by atoms with van der Waals surface area (Å²) < 4.78 is 0. The van der Waals surface area contributed by atoms with E-state index >= 15 is 0 Å². The SMILES string of the molecule is C=CC(=O)N[C@@H](C)C(=O)NC. The van der Waals surface area contributed by atoms with E-state index in [-0.39, 0.29) is 11.8 Å². The van der Waals surface area contributed by atoms with Crippen molar-refractivity contribution in [3.8, 4) is 0 Å². The highest BCUT2D eigenvalue weighted by Crippen LogP contribution is 1.80. The van der Waals surface area contributed by atoms with Crippen molar-refractivity contribution in [3.63, 3.8) is 0 Å². The van der Waals surface area contributed by atoms with Gasteiger partial charge in [-0.05, 0) is 13.0 Å². The number of hydrogen-bond acceptors (Lipinski definition) is 2. The largest absolute Gasteiger partial charge is 0.357 e. The van der Waals surface area contributed by atoms with Crippen molar-refractivity contribution in [1.29, 1.82) is 0 Å². The fraction of sp³-hybridized carbons (Fsp3) is 0.429. The number of likely N-dealkylation sites (N-methyl/N-ethyl adjacent to an activating group) is 1. The van der Waals surface area contributed by atoms with E-state index in [1.54, 1.807) is 6.92 Å². The van der Waals surface area contributed by atoms with Crippen molar-refractivity contribution >= 4 is 11.8 Å². The molecule has 0 heterocycles. The van der Waals surface area contributed by atoms with E-state index in [1.807, 2.05) is 0 Å². The first kappa shape index (κ1) is 9.68. The number of hydrogen-bond donors (Lipinski definition) is 2. The van der Waals surface area contributed by atoms with Crippen molar-refractivity contribution in [2.75, 3.05) is 7.05 Å². The molecular weight excluding hydrogens is 144 g/mol. The van der Waals surface area contributed by atoms with Gasteiger partial charge in [-0.2, -0.15) is 0 Å². The molecule has 0 aromatic heterocycles. The second-order valence-corrected chi connectivity index (χ2v) is 2.05. The Balaban J connectivity index is 3.86. The highest BCUT2D eigenvalue weighted by molar-refractivity contribution is 5.92. The molecule has 0 bridgehead atoms. The summed E-state index contributed by atoms with van der Waals surface area (Å²) in [7, 11) is 1.51. The first-order valence-corrected chi connectivity index (χ1v) is 3.26. The molecule has 0 aliphatic heterocycles. The molecule has 2 N–H and O–H groups in total. The second kappa shape index (κ2) is 4.49. The average Bonchev–Trinajstić information content (AvgIpc) is 2.02. The average molecular weight is 156 g/mol. The van der Waals surface area contributed by atoms with Crippen molar-refractivity contribution in [3.05, 3.63) is 12.7 Å². The van der Waals surface area contributed by atoms with Crippen LogP contribution < -0.4 is 10.6 Å². The van der Waals surface area contributed by atoms with Gasteiger partial charge in [0, 0.05) is 7.05 Å². The molecule has 1 atom stereocenters. The number of nitrogens with one attached hydrogen (secondary N) is 2. The summed E-state index contributed by atoms with van der Waals surface area (Å²) >= 11 is 0. The minimum absolute atomic E-state index is 0.222. The third-order valence-electron chi connectivity index (χ3n) is 1.18. The van der Waals surface area contributed by atoms with Gasteiger partial charge in [-0.3, -0.25) is 9.59 Å². The summed E-state index contributed by atoms with van der Waals surface area (Å²) in [5.41, 5.74) is 0. The van der Waals surface area contributed by atoms with Crippen molar-refractivity contribution in [2.24, 2.45) is 0 Å². The van der Waals surface area contributed by atoms with Crippen LogP contribution in [-0.2, 0) is 9.59 Å². The molecule has 0 radical (unpaired) electrons. The van der Waals surface area contributed by atoms with Gasteiger partial charge in [-0.15, -0.1) is 0 Å². The Morgan fingerprint density at radius 2 is 2.09 bits per heavy atom. The van der Waals surface area contributed by atoms with Crippen molar-refractivity contribution < 1.29 is 9.59 Å². The van der Waals surface area contributed by atoms with Crippen molar-refractivity contribution in [1.82, 2.24) is 10.6 Å². The van der Waals surface area contributed by atoms with Crippen LogP contribution in [0.2, 0.25) is 0 Å². The van der Waals surface area contributed by atoms with E-state index < -0.39 is 6.04 Å². The molecule has 0 saturated carbocycles. The predicted molar refractivity (Wildman–Crippen MR) is 41.9 cm³/mol. The van der Waals surface area contributed by atoms with Crippen LogP contribution in [-0.4, -0.2) is 24.9 Å². The lowest BCUT2D eigenvalue weighted by Crippen LogP contribution is -2.42. The summed E-state index contributed by atoms with van der Waals surface area (Å²) in [6, 6.07) is -0.509. The molecule has 62 valence electrons.